The van der Waals surface area contributed by atoms with E-state index in [9.17, 15) is 14.0 Å². The lowest BCUT2D eigenvalue weighted by molar-refractivity contribution is 0.102. The van der Waals surface area contributed by atoms with E-state index in [1.165, 1.54) is 18.2 Å². The predicted octanol–water partition coefficient (Wildman–Crippen LogP) is 2.21. The molecule has 0 aliphatic heterocycles. The van der Waals surface area contributed by atoms with Crippen molar-refractivity contribution < 1.29 is 9.18 Å². The molecule has 3 rings (SSSR count). The van der Waals surface area contributed by atoms with E-state index in [0.717, 1.165) is 11.6 Å². The smallest absolute Gasteiger partial charge is 0.257 e. The van der Waals surface area contributed by atoms with Gasteiger partial charge in [-0.2, -0.15) is 5.10 Å². The normalized spacial score (nSPS) is 10.8. The van der Waals surface area contributed by atoms with E-state index in [1.807, 2.05) is 6.92 Å². The van der Waals surface area contributed by atoms with Gasteiger partial charge in [0.05, 0.1) is 11.8 Å². The second-order valence-electron chi connectivity index (χ2n) is 4.82. The molecular formula is C15H13FN4O2. The molecule has 7 heteroatoms. The van der Waals surface area contributed by atoms with E-state index in [4.69, 9.17) is 0 Å². The summed E-state index contributed by atoms with van der Waals surface area (Å²) in [5, 5.41) is 9.56. The van der Waals surface area contributed by atoms with Crippen molar-refractivity contribution in [1.82, 2.24) is 15.2 Å². The average molecular weight is 300 g/mol. The minimum Gasteiger partial charge on any atom is -0.322 e. The number of rotatable bonds is 3. The molecular weight excluding hydrogens is 287 g/mol. The first kappa shape index (κ1) is 14.0. The van der Waals surface area contributed by atoms with Crippen LogP contribution in [0.4, 0.5) is 10.2 Å². The van der Waals surface area contributed by atoms with Crippen LogP contribution in [-0.4, -0.2) is 21.1 Å². The predicted molar refractivity (Wildman–Crippen MR) is 80.4 cm³/mol. The lowest BCUT2D eigenvalue weighted by Gasteiger charge is -2.07. The number of hydrogen-bond acceptors (Lipinski definition) is 3. The monoisotopic (exact) mass is 300 g/mol. The molecule has 1 aromatic carbocycles. The number of aromatic nitrogens is 3. The SMILES string of the molecule is CCc1cn[nH]c1NC(=O)c1cc(=O)[nH]c2ccc(F)cc12. The molecule has 0 saturated carbocycles. The molecule has 0 unspecified atom stereocenters. The van der Waals surface area contributed by atoms with Crippen molar-refractivity contribution in [2.24, 2.45) is 0 Å². The number of fused-ring (bicyclic) bond motifs is 1. The van der Waals surface area contributed by atoms with E-state index in [2.05, 4.69) is 20.5 Å². The summed E-state index contributed by atoms with van der Waals surface area (Å²) in [6, 6.07) is 5.02. The van der Waals surface area contributed by atoms with Crippen LogP contribution in [0.3, 0.4) is 0 Å². The highest BCUT2D eigenvalue weighted by molar-refractivity contribution is 6.12. The molecule has 3 aromatic rings. The number of nitrogens with zero attached hydrogens (tertiary/aromatic N) is 1. The largest absolute Gasteiger partial charge is 0.322 e. The second kappa shape index (κ2) is 5.44. The number of amides is 1. The van der Waals surface area contributed by atoms with Gasteiger partial charge < -0.3 is 10.3 Å². The number of H-pyrrole nitrogens is 2. The third-order valence-corrected chi connectivity index (χ3v) is 3.39. The minimum absolute atomic E-state index is 0.106. The lowest BCUT2D eigenvalue weighted by atomic mass is 10.1. The Morgan fingerprint density at radius 1 is 1.36 bits per heavy atom. The molecule has 2 heterocycles. The van der Waals surface area contributed by atoms with Crippen molar-refractivity contribution in [1.29, 1.82) is 0 Å². The zero-order valence-corrected chi connectivity index (χ0v) is 11.7. The lowest BCUT2D eigenvalue weighted by Crippen LogP contribution is -2.17. The molecule has 0 atom stereocenters. The number of carbonyl (C=O) groups is 1. The fourth-order valence-corrected chi connectivity index (χ4v) is 2.28. The summed E-state index contributed by atoms with van der Waals surface area (Å²) in [4.78, 5) is 26.7. The number of aryl methyl sites for hydroxylation is 1. The maximum Gasteiger partial charge on any atom is 0.257 e. The highest BCUT2D eigenvalue weighted by atomic mass is 19.1. The van der Waals surface area contributed by atoms with Crippen molar-refractivity contribution in [3.05, 3.63) is 57.8 Å². The van der Waals surface area contributed by atoms with Crippen LogP contribution in [0.5, 0.6) is 0 Å². The summed E-state index contributed by atoms with van der Waals surface area (Å²) >= 11 is 0. The maximum absolute atomic E-state index is 13.4. The van der Waals surface area contributed by atoms with Gasteiger partial charge in [0, 0.05) is 22.5 Å². The van der Waals surface area contributed by atoms with Crippen molar-refractivity contribution in [3.8, 4) is 0 Å². The Labute approximate surface area is 124 Å². The fraction of sp³-hybridized carbons (Fsp3) is 0.133. The Morgan fingerprint density at radius 2 is 2.18 bits per heavy atom. The van der Waals surface area contributed by atoms with Crippen LogP contribution in [0.25, 0.3) is 10.9 Å². The molecule has 0 radical (unpaired) electrons. The number of benzene rings is 1. The Balaban J connectivity index is 2.07. The molecule has 22 heavy (non-hydrogen) atoms. The highest BCUT2D eigenvalue weighted by Gasteiger charge is 2.15. The molecule has 0 spiro atoms. The summed E-state index contributed by atoms with van der Waals surface area (Å²) in [6.45, 7) is 1.93. The van der Waals surface area contributed by atoms with Gasteiger partial charge >= 0.3 is 0 Å². The summed E-state index contributed by atoms with van der Waals surface area (Å²) in [6.07, 6.45) is 2.31. The van der Waals surface area contributed by atoms with Crippen molar-refractivity contribution >= 4 is 22.6 Å². The first-order valence-corrected chi connectivity index (χ1v) is 6.74. The average Bonchev–Trinajstić information content (AvgIpc) is 2.94. The minimum atomic E-state index is -0.499. The molecule has 1 amide bonds. The summed E-state index contributed by atoms with van der Waals surface area (Å²) in [7, 11) is 0. The molecule has 0 aliphatic rings. The van der Waals surface area contributed by atoms with Gasteiger partial charge in [0.2, 0.25) is 5.56 Å². The zero-order valence-electron chi connectivity index (χ0n) is 11.7. The van der Waals surface area contributed by atoms with Crippen LogP contribution in [0, 0.1) is 5.82 Å². The van der Waals surface area contributed by atoms with Crippen LogP contribution in [0.1, 0.15) is 22.8 Å². The van der Waals surface area contributed by atoms with E-state index in [0.29, 0.717) is 23.1 Å². The van der Waals surface area contributed by atoms with Gasteiger partial charge in [-0.15, -0.1) is 0 Å². The van der Waals surface area contributed by atoms with Gasteiger partial charge in [-0.1, -0.05) is 6.92 Å². The maximum atomic E-state index is 13.4. The number of halogens is 1. The number of carbonyl (C=O) groups excluding carboxylic acids is 1. The summed E-state index contributed by atoms with van der Waals surface area (Å²) in [5.41, 5.74) is 0.924. The molecule has 112 valence electrons. The molecule has 2 aromatic heterocycles. The van der Waals surface area contributed by atoms with Crippen LogP contribution >= 0.6 is 0 Å². The topological polar surface area (TPSA) is 90.6 Å². The van der Waals surface area contributed by atoms with Crippen molar-refractivity contribution in [3.63, 3.8) is 0 Å². The summed E-state index contributed by atoms with van der Waals surface area (Å²) < 4.78 is 13.4. The fourth-order valence-electron chi connectivity index (χ4n) is 2.28. The number of anilines is 1. The number of pyridine rings is 1. The van der Waals surface area contributed by atoms with Crippen LogP contribution < -0.4 is 10.9 Å². The van der Waals surface area contributed by atoms with Crippen LogP contribution in [-0.2, 0) is 6.42 Å². The van der Waals surface area contributed by atoms with Gasteiger partial charge in [0.25, 0.3) is 5.91 Å². The number of aromatic amines is 2. The first-order chi connectivity index (χ1) is 10.6. The van der Waals surface area contributed by atoms with E-state index in [1.54, 1.807) is 6.20 Å². The number of nitrogens with one attached hydrogen (secondary N) is 3. The van der Waals surface area contributed by atoms with E-state index >= 15 is 0 Å². The molecule has 0 bridgehead atoms. The van der Waals surface area contributed by atoms with Crippen LogP contribution in [0.15, 0.2) is 35.3 Å². The third-order valence-electron chi connectivity index (χ3n) is 3.39. The Bertz CT molecular complexity index is 913. The Morgan fingerprint density at radius 3 is 2.95 bits per heavy atom. The van der Waals surface area contributed by atoms with Gasteiger partial charge in [-0.3, -0.25) is 14.7 Å². The molecule has 0 fully saturated rings. The Kier molecular flexibility index (Phi) is 3.46. The quantitative estimate of drug-likeness (QED) is 0.692. The van der Waals surface area contributed by atoms with E-state index in [-0.39, 0.29) is 5.56 Å². The van der Waals surface area contributed by atoms with Gasteiger partial charge in [0.15, 0.2) is 0 Å². The van der Waals surface area contributed by atoms with Gasteiger partial charge in [-0.05, 0) is 24.6 Å². The first-order valence-electron chi connectivity index (χ1n) is 6.74. The molecule has 0 aliphatic carbocycles. The van der Waals surface area contributed by atoms with Gasteiger partial charge in [-0.25, -0.2) is 4.39 Å². The van der Waals surface area contributed by atoms with Crippen LogP contribution in [0.2, 0.25) is 0 Å². The van der Waals surface area contributed by atoms with E-state index < -0.39 is 17.3 Å². The standard InChI is InChI=1S/C15H13FN4O2/c1-2-8-7-17-20-14(8)19-15(22)11-6-13(21)18-12-4-3-9(16)5-10(11)12/h3-7H,2H2,1H3,(H,18,21)(H2,17,19,20,22). The van der Waals surface area contributed by atoms with Crippen molar-refractivity contribution in [2.45, 2.75) is 13.3 Å². The molecule has 3 N–H and O–H groups in total. The second-order valence-corrected chi connectivity index (χ2v) is 4.82. The summed E-state index contributed by atoms with van der Waals surface area (Å²) in [5.74, 6) is -0.512. The highest BCUT2D eigenvalue weighted by Crippen LogP contribution is 2.19. The third kappa shape index (κ3) is 2.48. The van der Waals surface area contributed by atoms with Gasteiger partial charge in [0.1, 0.15) is 11.6 Å². The molecule has 6 nitrogen and oxygen atoms in total. The zero-order chi connectivity index (χ0) is 15.7. The molecule has 0 saturated heterocycles. The van der Waals surface area contributed by atoms with Crippen molar-refractivity contribution in [2.75, 3.05) is 5.32 Å². The number of hydrogen-bond donors (Lipinski definition) is 3. The Hall–Kier alpha value is -2.96.